The van der Waals surface area contributed by atoms with Gasteiger partial charge in [-0.25, -0.2) is 4.79 Å². The zero-order valence-electron chi connectivity index (χ0n) is 11.5. The summed E-state index contributed by atoms with van der Waals surface area (Å²) in [4.78, 5) is 14.9. The normalized spacial score (nSPS) is 12.9. The zero-order chi connectivity index (χ0) is 13.5. The van der Waals surface area contributed by atoms with Gasteiger partial charge in [-0.2, -0.15) is 0 Å². The number of carbonyl (C=O) groups is 1. The van der Waals surface area contributed by atoms with Crippen molar-refractivity contribution in [2.75, 3.05) is 6.54 Å². The Morgan fingerprint density at radius 3 is 2.67 bits per heavy atom. The molecular formula is C14H23NO2S. The molecular weight excluding hydrogens is 246 g/mol. The predicted octanol–water partition coefficient (Wildman–Crippen LogP) is 3.85. The zero-order valence-corrected chi connectivity index (χ0v) is 12.3. The van der Waals surface area contributed by atoms with Gasteiger partial charge in [0.25, 0.3) is 0 Å². The summed E-state index contributed by atoms with van der Waals surface area (Å²) in [5.74, 6) is -0.824. The van der Waals surface area contributed by atoms with Gasteiger partial charge in [-0.05, 0) is 38.4 Å². The Morgan fingerprint density at radius 2 is 2.17 bits per heavy atom. The van der Waals surface area contributed by atoms with Crippen molar-refractivity contribution in [3.63, 3.8) is 0 Å². The highest BCUT2D eigenvalue weighted by Gasteiger charge is 2.14. The van der Waals surface area contributed by atoms with Crippen molar-refractivity contribution in [2.45, 2.75) is 52.6 Å². The van der Waals surface area contributed by atoms with Crippen LogP contribution in [0.3, 0.4) is 0 Å². The molecule has 1 rings (SSSR count). The summed E-state index contributed by atoms with van der Waals surface area (Å²) < 4.78 is 0. The molecule has 0 aromatic carbocycles. The highest BCUT2D eigenvalue weighted by molar-refractivity contribution is 7.13. The molecule has 0 aliphatic carbocycles. The Morgan fingerprint density at radius 1 is 1.44 bits per heavy atom. The smallest absolute Gasteiger partial charge is 0.345 e. The molecule has 1 aromatic heterocycles. The molecule has 0 saturated carbocycles. The molecule has 1 heterocycles. The lowest BCUT2D eigenvalue weighted by Crippen LogP contribution is -2.32. The Hall–Kier alpha value is -0.870. The third kappa shape index (κ3) is 4.42. The van der Waals surface area contributed by atoms with E-state index in [-0.39, 0.29) is 0 Å². The molecule has 0 amide bonds. The monoisotopic (exact) mass is 269 g/mol. The van der Waals surface area contributed by atoms with Crippen LogP contribution >= 0.6 is 11.3 Å². The summed E-state index contributed by atoms with van der Waals surface area (Å²) in [6, 6.07) is 4.19. The molecule has 1 unspecified atom stereocenters. The van der Waals surface area contributed by atoms with E-state index < -0.39 is 5.97 Å². The Kier molecular flexibility index (Phi) is 6.36. The first-order chi connectivity index (χ1) is 8.58. The third-order valence-corrected chi connectivity index (χ3v) is 4.30. The van der Waals surface area contributed by atoms with E-state index in [2.05, 4.69) is 25.7 Å². The molecule has 1 aromatic rings. The largest absolute Gasteiger partial charge is 0.477 e. The molecule has 1 N–H and O–H groups in total. The molecule has 0 radical (unpaired) electrons. The van der Waals surface area contributed by atoms with Crippen LogP contribution in [-0.2, 0) is 6.54 Å². The first kappa shape index (κ1) is 15.2. The maximum absolute atomic E-state index is 10.9. The van der Waals surface area contributed by atoms with Gasteiger partial charge in [-0.1, -0.05) is 20.3 Å². The molecule has 0 aliphatic heterocycles. The van der Waals surface area contributed by atoms with Crippen LogP contribution in [0.5, 0.6) is 0 Å². The van der Waals surface area contributed by atoms with Crippen molar-refractivity contribution in [1.82, 2.24) is 4.90 Å². The van der Waals surface area contributed by atoms with Gasteiger partial charge in [0.15, 0.2) is 0 Å². The molecule has 0 saturated heterocycles. The fraction of sp³-hybridized carbons (Fsp3) is 0.643. The summed E-state index contributed by atoms with van der Waals surface area (Å²) in [7, 11) is 0. The van der Waals surface area contributed by atoms with Gasteiger partial charge in [-0.3, -0.25) is 4.90 Å². The van der Waals surface area contributed by atoms with Crippen LogP contribution in [0.25, 0.3) is 0 Å². The Balaban J connectivity index is 2.65. The molecule has 1 atom stereocenters. The first-order valence-electron chi connectivity index (χ1n) is 6.64. The van der Waals surface area contributed by atoms with Gasteiger partial charge in [-0.15, -0.1) is 11.3 Å². The lowest BCUT2D eigenvalue weighted by molar-refractivity contribution is 0.0702. The van der Waals surface area contributed by atoms with Gasteiger partial charge < -0.3 is 5.11 Å². The number of unbranched alkanes of at least 4 members (excludes halogenated alkanes) is 1. The highest BCUT2D eigenvalue weighted by atomic mass is 32.1. The van der Waals surface area contributed by atoms with Gasteiger partial charge in [0, 0.05) is 17.5 Å². The van der Waals surface area contributed by atoms with Crippen molar-refractivity contribution in [3.8, 4) is 0 Å². The van der Waals surface area contributed by atoms with Crippen LogP contribution < -0.4 is 0 Å². The van der Waals surface area contributed by atoms with Crippen molar-refractivity contribution in [3.05, 3.63) is 21.9 Å². The van der Waals surface area contributed by atoms with Crippen LogP contribution in [-0.4, -0.2) is 28.6 Å². The van der Waals surface area contributed by atoms with Crippen molar-refractivity contribution in [2.24, 2.45) is 0 Å². The number of hydrogen-bond donors (Lipinski definition) is 1. The van der Waals surface area contributed by atoms with E-state index >= 15 is 0 Å². The van der Waals surface area contributed by atoms with E-state index in [1.807, 2.05) is 6.07 Å². The van der Waals surface area contributed by atoms with Gasteiger partial charge in [0.1, 0.15) is 4.88 Å². The number of nitrogens with zero attached hydrogens (tertiary/aromatic N) is 1. The van der Waals surface area contributed by atoms with Crippen LogP contribution in [0.4, 0.5) is 0 Å². The lowest BCUT2D eigenvalue weighted by Gasteiger charge is -2.27. The minimum Gasteiger partial charge on any atom is -0.477 e. The number of rotatable bonds is 8. The topological polar surface area (TPSA) is 40.5 Å². The van der Waals surface area contributed by atoms with Gasteiger partial charge in [0.05, 0.1) is 0 Å². The quantitative estimate of drug-likeness (QED) is 0.779. The minimum atomic E-state index is -0.824. The van der Waals surface area contributed by atoms with Crippen LogP contribution in [0.1, 0.15) is 54.6 Å². The van der Waals surface area contributed by atoms with Crippen molar-refractivity contribution < 1.29 is 9.90 Å². The molecule has 18 heavy (non-hydrogen) atoms. The number of carboxylic acids is 1. The summed E-state index contributed by atoms with van der Waals surface area (Å²) in [6.45, 7) is 8.59. The number of aromatic carboxylic acids is 1. The second kappa shape index (κ2) is 7.54. The molecule has 0 fully saturated rings. The second-order valence-electron chi connectivity index (χ2n) is 4.65. The molecule has 102 valence electrons. The van der Waals surface area contributed by atoms with Crippen molar-refractivity contribution >= 4 is 17.3 Å². The fourth-order valence-corrected chi connectivity index (χ4v) is 2.72. The summed E-state index contributed by atoms with van der Waals surface area (Å²) in [5.41, 5.74) is 0. The molecule has 4 heteroatoms. The Bertz CT molecular complexity index is 376. The van der Waals surface area contributed by atoms with Crippen molar-refractivity contribution in [1.29, 1.82) is 0 Å². The summed E-state index contributed by atoms with van der Waals surface area (Å²) in [5, 5.41) is 8.93. The summed E-state index contributed by atoms with van der Waals surface area (Å²) >= 11 is 1.39. The van der Waals surface area contributed by atoms with E-state index in [1.165, 1.54) is 24.2 Å². The molecule has 3 nitrogen and oxygen atoms in total. The fourth-order valence-electron chi connectivity index (χ4n) is 1.85. The van der Waals surface area contributed by atoms with Gasteiger partial charge >= 0.3 is 5.97 Å². The van der Waals surface area contributed by atoms with Crippen LogP contribution in [0.15, 0.2) is 12.1 Å². The second-order valence-corrected chi connectivity index (χ2v) is 5.82. The number of hydrogen-bond acceptors (Lipinski definition) is 3. The molecule has 0 aliphatic rings. The average molecular weight is 269 g/mol. The van der Waals surface area contributed by atoms with Gasteiger partial charge in [0.2, 0.25) is 0 Å². The number of thiophene rings is 1. The third-order valence-electron chi connectivity index (χ3n) is 3.24. The SMILES string of the molecule is CCCCN(Cc1ccc(C(=O)O)s1)C(C)CC. The predicted molar refractivity (Wildman–Crippen MR) is 76.3 cm³/mol. The minimum absolute atomic E-state index is 0.435. The van der Waals surface area contributed by atoms with E-state index in [9.17, 15) is 4.79 Å². The molecule has 0 spiro atoms. The highest BCUT2D eigenvalue weighted by Crippen LogP contribution is 2.20. The summed E-state index contributed by atoms with van der Waals surface area (Å²) in [6.07, 6.45) is 3.51. The Labute approximate surface area is 113 Å². The lowest BCUT2D eigenvalue weighted by atomic mass is 10.2. The maximum Gasteiger partial charge on any atom is 0.345 e. The van der Waals surface area contributed by atoms with E-state index in [1.54, 1.807) is 6.07 Å². The van der Waals surface area contributed by atoms with Crippen LogP contribution in [0.2, 0.25) is 0 Å². The standard InChI is InChI=1S/C14H23NO2S/c1-4-6-9-15(11(3)5-2)10-12-7-8-13(18-12)14(16)17/h7-8,11H,4-6,9-10H2,1-3H3,(H,16,17). The van der Waals surface area contributed by atoms with Crippen LogP contribution in [0, 0.1) is 0 Å². The van der Waals surface area contributed by atoms with E-state index in [4.69, 9.17) is 5.11 Å². The van der Waals surface area contributed by atoms with E-state index in [0.29, 0.717) is 10.9 Å². The number of carboxylic acid groups (broad SMARTS) is 1. The van der Waals surface area contributed by atoms with E-state index in [0.717, 1.165) is 24.4 Å². The maximum atomic E-state index is 10.9. The first-order valence-corrected chi connectivity index (χ1v) is 7.46. The molecule has 0 bridgehead atoms. The average Bonchev–Trinajstić information content (AvgIpc) is 2.82.